The first kappa shape index (κ1) is 22.1. The summed E-state index contributed by atoms with van der Waals surface area (Å²) in [4.78, 5) is 46.2. The van der Waals surface area contributed by atoms with Crippen molar-refractivity contribution in [3.8, 4) is 0 Å². The van der Waals surface area contributed by atoms with Gasteiger partial charge < -0.3 is 9.30 Å². The number of rotatable bonds is 8. The highest BCUT2D eigenvalue weighted by Gasteiger charge is 2.29. The molecule has 3 heterocycles. The Bertz CT molecular complexity index is 1510. The topological polar surface area (TPSA) is 101 Å². The van der Waals surface area contributed by atoms with Crippen molar-refractivity contribution in [3.63, 3.8) is 0 Å². The van der Waals surface area contributed by atoms with Gasteiger partial charge in [-0.1, -0.05) is 12.1 Å². The second-order valence-electron chi connectivity index (χ2n) is 8.87. The van der Waals surface area contributed by atoms with Crippen LogP contribution in [0, 0.1) is 6.92 Å². The zero-order chi connectivity index (χ0) is 23.8. The van der Waals surface area contributed by atoms with Crippen LogP contribution >= 0.6 is 0 Å². The lowest BCUT2D eigenvalue weighted by atomic mass is 10.2. The fourth-order valence-electron chi connectivity index (χ4n) is 4.45. The van der Waals surface area contributed by atoms with E-state index in [9.17, 15) is 14.4 Å². The summed E-state index contributed by atoms with van der Waals surface area (Å²) in [6.07, 6.45) is 5.13. The van der Waals surface area contributed by atoms with Crippen LogP contribution in [0.1, 0.15) is 50.0 Å². The first-order valence-electron chi connectivity index (χ1n) is 11.6. The molecule has 176 valence electrons. The molecule has 0 bridgehead atoms. The van der Waals surface area contributed by atoms with E-state index in [0.717, 1.165) is 35.9 Å². The molecule has 0 unspecified atom stereocenters. The van der Waals surface area contributed by atoms with Crippen molar-refractivity contribution in [2.24, 2.45) is 0 Å². The van der Waals surface area contributed by atoms with Crippen LogP contribution in [0.25, 0.3) is 22.1 Å². The Labute approximate surface area is 195 Å². The standard InChI is InChI=1S/C25H27N5O4/c1-16-13-21-23(26-14-16)29(25(33)30(21)18-9-10-18)15-22-27-24(32)19-7-3-4-8-20(19)28(22)11-5-6-12-34-17(2)31/h3-4,7-8,13-14,18H,5-6,9-12,15H2,1-2H3. The minimum atomic E-state index is -0.315. The van der Waals surface area contributed by atoms with Crippen LogP contribution in [0.5, 0.6) is 0 Å². The Morgan fingerprint density at radius 1 is 1.12 bits per heavy atom. The number of hydrogen-bond donors (Lipinski definition) is 0. The van der Waals surface area contributed by atoms with Crippen molar-refractivity contribution in [2.45, 2.75) is 58.7 Å². The number of hydrogen-bond acceptors (Lipinski definition) is 6. The van der Waals surface area contributed by atoms with Gasteiger partial charge in [-0.15, -0.1) is 0 Å². The number of aryl methyl sites for hydroxylation is 2. The number of benzene rings is 1. The molecule has 1 aromatic carbocycles. The lowest BCUT2D eigenvalue weighted by molar-refractivity contribution is -0.141. The van der Waals surface area contributed by atoms with Crippen LogP contribution < -0.4 is 11.2 Å². The van der Waals surface area contributed by atoms with Gasteiger partial charge in [-0.3, -0.25) is 18.7 Å². The second kappa shape index (κ2) is 8.89. The average molecular weight is 462 g/mol. The zero-order valence-corrected chi connectivity index (χ0v) is 19.4. The van der Waals surface area contributed by atoms with Gasteiger partial charge >= 0.3 is 11.7 Å². The van der Waals surface area contributed by atoms with Gasteiger partial charge in [0, 0.05) is 25.7 Å². The maximum absolute atomic E-state index is 13.4. The summed E-state index contributed by atoms with van der Waals surface area (Å²) in [6.45, 7) is 4.42. The number of pyridine rings is 1. The first-order valence-corrected chi connectivity index (χ1v) is 11.6. The number of imidazole rings is 1. The van der Waals surface area contributed by atoms with Crippen LogP contribution in [-0.4, -0.2) is 36.2 Å². The number of nitrogens with zero attached hydrogens (tertiary/aromatic N) is 5. The summed E-state index contributed by atoms with van der Waals surface area (Å²) in [5.74, 6) is 0.209. The van der Waals surface area contributed by atoms with Crippen molar-refractivity contribution in [1.82, 2.24) is 23.7 Å². The lowest BCUT2D eigenvalue weighted by Gasteiger charge is -2.16. The number of carbonyl (C=O) groups excluding carboxylic acids is 1. The molecule has 5 rings (SSSR count). The van der Waals surface area contributed by atoms with E-state index in [0.29, 0.717) is 36.4 Å². The van der Waals surface area contributed by atoms with E-state index >= 15 is 0 Å². The molecular formula is C25H27N5O4. The molecule has 0 aliphatic heterocycles. The van der Waals surface area contributed by atoms with Gasteiger partial charge in [0.15, 0.2) is 5.65 Å². The van der Waals surface area contributed by atoms with Gasteiger partial charge in [-0.2, -0.15) is 4.98 Å². The Hall–Kier alpha value is -3.75. The number of para-hydroxylation sites is 1. The fraction of sp³-hybridized carbons (Fsp3) is 0.400. The maximum Gasteiger partial charge on any atom is 0.331 e. The third-order valence-electron chi connectivity index (χ3n) is 6.20. The number of carbonyl (C=O) groups is 1. The van der Waals surface area contributed by atoms with E-state index in [1.54, 1.807) is 16.8 Å². The normalized spacial score (nSPS) is 13.6. The highest BCUT2D eigenvalue weighted by molar-refractivity contribution is 5.78. The molecule has 9 nitrogen and oxygen atoms in total. The van der Waals surface area contributed by atoms with Crippen LogP contribution in [-0.2, 0) is 22.6 Å². The van der Waals surface area contributed by atoms with Gasteiger partial charge in [-0.05, 0) is 56.4 Å². The Kier molecular flexibility index (Phi) is 5.77. The van der Waals surface area contributed by atoms with Gasteiger partial charge in [0.1, 0.15) is 5.82 Å². The number of ether oxygens (including phenoxy) is 1. The highest BCUT2D eigenvalue weighted by Crippen LogP contribution is 2.36. The number of aromatic nitrogens is 5. The van der Waals surface area contributed by atoms with Crippen LogP contribution in [0.15, 0.2) is 46.1 Å². The Morgan fingerprint density at radius 3 is 2.68 bits per heavy atom. The Balaban J connectivity index is 1.57. The summed E-state index contributed by atoms with van der Waals surface area (Å²) in [5, 5.41) is 0.535. The van der Waals surface area contributed by atoms with Crippen molar-refractivity contribution in [2.75, 3.05) is 6.61 Å². The van der Waals surface area contributed by atoms with E-state index in [1.165, 1.54) is 6.92 Å². The summed E-state index contributed by atoms with van der Waals surface area (Å²) >= 11 is 0. The molecule has 4 aromatic rings. The van der Waals surface area contributed by atoms with Crippen molar-refractivity contribution in [1.29, 1.82) is 0 Å². The van der Waals surface area contributed by atoms with Gasteiger partial charge in [0.25, 0.3) is 5.56 Å². The molecule has 0 spiro atoms. The molecule has 9 heteroatoms. The van der Waals surface area contributed by atoms with E-state index in [4.69, 9.17) is 4.74 Å². The van der Waals surface area contributed by atoms with E-state index < -0.39 is 0 Å². The molecule has 0 N–H and O–H groups in total. The first-order chi connectivity index (χ1) is 16.4. The molecule has 0 saturated heterocycles. The molecule has 1 saturated carbocycles. The molecule has 1 aliphatic rings. The number of unbranched alkanes of at least 4 members (excludes halogenated alkanes) is 1. The smallest absolute Gasteiger partial charge is 0.331 e. The van der Waals surface area contributed by atoms with Crippen molar-refractivity contribution >= 4 is 28.0 Å². The number of esters is 1. The van der Waals surface area contributed by atoms with E-state index in [-0.39, 0.29) is 29.8 Å². The molecule has 0 atom stereocenters. The minimum absolute atomic E-state index is 0.126. The molecular weight excluding hydrogens is 434 g/mol. The van der Waals surface area contributed by atoms with Crippen LogP contribution in [0.4, 0.5) is 0 Å². The van der Waals surface area contributed by atoms with Crippen LogP contribution in [0.3, 0.4) is 0 Å². The largest absolute Gasteiger partial charge is 0.466 e. The number of fused-ring (bicyclic) bond motifs is 2. The second-order valence-corrected chi connectivity index (χ2v) is 8.87. The van der Waals surface area contributed by atoms with Crippen molar-refractivity contribution in [3.05, 3.63) is 68.8 Å². The zero-order valence-electron chi connectivity index (χ0n) is 19.4. The van der Waals surface area contributed by atoms with Crippen molar-refractivity contribution < 1.29 is 9.53 Å². The van der Waals surface area contributed by atoms with Gasteiger partial charge in [-0.25, -0.2) is 9.78 Å². The summed E-state index contributed by atoms with van der Waals surface area (Å²) < 4.78 is 10.5. The molecule has 0 amide bonds. The molecule has 0 radical (unpaired) electrons. The summed E-state index contributed by atoms with van der Waals surface area (Å²) in [6, 6.07) is 9.56. The SMILES string of the molecule is CC(=O)OCCCCn1c(Cn2c(=O)n(C3CC3)c3cc(C)cnc32)nc(=O)c2ccccc21. The quantitative estimate of drug-likeness (QED) is 0.295. The van der Waals surface area contributed by atoms with Gasteiger partial charge in [0.2, 0.25) is 0 Å². The van der Waals surface area contributed by atoms with E-state index in [1.807, 2.05) is 40.3 Å². The average Bonchev–Trinajstić information content (AvgIpc) is 3.60. The predicted octanol–water partition coefficient (Wildman–Crippen LogP) is 2.94. The predicted molar refractivity (Wildman–Crippen MR) is 128 cm³/mol. The lowest BCUT2D eigenvalue weighted by Crippen LogP contribution is -2.28. The van der Waals surface area contributed by atoms with Crippen LogP contribution in [0.2, 0.25) is 0 Å². The van der Waals surface area contributed by atoms with E-state index in [2.05, 4.69) is 9.97 Å². The monoisotopic (exact) mass is 461 g/mol. The minimum Gasteiger partial charge on any atom is -0.466 e. The van der Waals surface area contributed by atoms with Gasteiger partial charge in [0.05, 0.1) is 29.6 Å². The summed E-state index contributed by atoms with van der Waals surface area (Å²) in [5.41, 5.74) is 2.75. The highest BCUT2D eigenvalue weighted by atomic mass is 16.5. The molecule has 3 aromatic heterocycles. The molecule has 1 aliphatic carbocycles. The summed E-state index contributed by atoms with van der Waals surface area (Å²) in [7, 11) is 0. The third kappa shape index (κ3) is 4.13. The maximum atomic E-state index is 13.4. The molecule has 1 fully saturated rings. The fourth-order valence-corrected chi connectivity index (χ4v) is 4.45. The Morgan fingerprint density at radius 2 is 1.91 bits per heavy atom. The molecule has 34 heavy (non-hydrogen) atoms. The third-order valence-corrected chi connectivity index (χ3v) is 6.20.